The van der Waals surface area contributed by atoms with Crippen LogP contribution in [0.5, 0.6) is 0 Å². The lowest BCUT2D eigenvalue weighted by atomic mass is 9.82. The van der Waals surface area contributed by atoms with Gasteiger partial charge in [0.05, 0.1) is 12.0 Å². The van der Waals surface area contributed by atoms with Crippen molar-refractivity contribution < 1.29 is 15.0 Å². The second kappa shape index (κ2) is 6.17. The molecule has 4 heteroatoms. The molecule has 1 aromatic carbocycles. The molecule has 1 unspecified atom stereocenters. The zero-order valence-corrected chi connectivity index (χ0v) is 11.2. The zero-order valence-electron chi connectivity index (χ0n) is 11.2. The number of aliphatic hydroxyl groups excluding tert-OH is 1. The number of hydrogen-bond acceptors (Lipinski definition) is 3. The first-order valence-electron chi connectivity index (χ1n) is 6.70. The van der Waals surface area contributed by atoms with Gasteiger partial charge in [0.25, 0.3) is 0 Å². The van der Waals surface area contributed by atoms with Gasteiger partial charge in [-0.2, -0.15) is 0 Å². The molecule has 1 aliphatic rings. The van der Waals surface area contributed by atoms with E-state index in [-0.39, 0.29) is 6.10 Å². The molecule has 0 spiro atoms. The third-order valence-corrected chi connectivity index (χ3v) is 3.77. The third kappa shape index (κ3) is 3.78. The van der Waals surface area contributed by atoms with E-state index in [0.717, 1.165) is 24.9 Å². The summed E-state index contributed by atoms with van der Waals surface area (Å²) < 4.78 is 0. The van der Waals surface area contributed by atoms with E-state index in [1.165, 1.54) is 0 Å². The molecule has 1 atom stereocenters. The molecular formula is C15H21NO3. The van der Waals surface area contributed by atoms with Crippen LogP contribution in [0.3, 0.4) is 0 Å². The summed E-state index contributed by atoms with van der Waals surface area (Å²) in [4.78, 5) is 13.4. The van der Waals surface area contributed by atoms with Gasteiger partial charge in [0.2, 0.25) is 0 Å². The lowest BCUT2D eigenvalue weighted by molar-refractivity contribution is -0.139. The average Bonchev–Trinajstić information content (AvgIpc) is 2.35. The van der Waals surface area contributed by atoms with Crippen LogP contribution in [0.4, 0.5) is 0 Å². The van der Waals surface area contributed by atoms with Gasteiger partial charge in [-0.1, -0.05) is 30.3 Å². The predicted octanol–water partition coefficient (Wildman–Crippen LogP) is 1.56. The first-order chi connectivity index (χ1) is 9.06. The number of carboxylic acid groups (broad SMARTS) is 1. The minimum Gasteiger partial charge on any atom is -0.481 e. The van der Waals surface area contributed by atoms with Gasteiger partial charge >= 0.3 is 5.97 Å². The number of carbonyl (C=O) groups is 1. The van der Waals surface area contributed by atoms with Crippen LogP contribution in [0.15, 0.2) is 30.3 Å². The van der Waals surface area contributed by atoms with Crippen LogP contribution in [-0.4, -0.2) is 47.3 Å². The molecule has 1 aliphatic carbocycles. The number of hydrogen-bond donors (Lipinski definition) is 2. The molecule has 104 valence electrons. The molecule has 0 amide bonds. The van der Waals surface area contributed by atoms with Gasteiger partial charge in [0.1, 0.15) is 0 Å². The van der Waals surface area contributed by atoms with Crippen LogP contribution in [0.2, 0.25) is 0 Å². The normalized spacial score (nSPS) is 23.9. The summed E-state index contributed by atoms with van der Waals surface area (Å²) in [5.74, 6) is -0.770. The maximum atomic E-state index is 11.4. The highest BCUT2D eigenvalue weighted by molar-refractivity contribution is 5.76. The van der Waals surface area contributed by atoms with Gasteiger partial charge < -0.3 is 15.1 Å². The van der Waals surface area contributed by atoms with Crippen molar-refractivity contribution in [2.45, 2.75) is 24.9 Å². The van der Waals surface area contributed by atoms with Crippen LogP contribution in [-0.2, 0) is 4.79 Å². The van der Waals surface area contributed by atoms with E-state index in [9.17, 15) is 15.0 Å². The average molecular weight is 263 g/mol. The smallest absolute Gasteiger partial charge is 0.312 e. The van der Waals surface area contributed by atoms with Crippen LogP contribution in [0.1, 0.15) is 24.3 Å². The SMILES string of the molecule is CN(CC1CC(O)C1)CC(C(=O)O)c1ccccc1. The first kappa shape index (κ1) is 14.0. The lowest BCUT2D eigenvalue weighted by Gasteiger charge is -2.35. The van der Waals surface area contributed by atoms with Crippen molar-refractivity contribution in [1.82, 2.24) is 4.90 Å². The van der Waals surface area contributed by atoms with E-state index >= 15 is 0 Å². The molecule has 0 radical (unpaired) electrons. The van der Waals surface area contributed by atoms with Crippen molar-refractivity contribution in [3.63, 3.8) is 0 Å². The summed E-state index contributed by atoms with van der Waals surface area (Å²) in [7, 11) is 1.95. The minimum atomic E-state index is -0.785. The van der Waals surface area contributed by atoms with Gasteiger partial charge in [-0.3, -0.25) is 4.79 Å². The molecular weight excluding hydrogens is 242 g/mol. The fraction of sp³-hybridized carbons (Fsp3) is 0.533. The number of carboxylic acids is 1. The van der Waals surface area contributed by atoms with Crippen LogP contribution in [0, 0.1) is 5.92 Å². The number of likely N-dealkylation sites (N-methyl/N-ethyl adjacent to an activating group) is 1. The molecule has 4 nitrogen and oxygen atoms in total. The quantitative estimate of drug-likeness (QED) is 0.817. The summed E-state index contributed by atoms with van der Waals surface area (Å²) in [6, 6.07) is 9.35. The van der Waals surface area contributed by atoms with E-state index in [2.05, 4.69) is 4.90 Å². The van der Waals surface area contributed by atoms with Gasteiger partial charge in [0.15, 0.2) is 0 Å². The van der Waals surface area contributed by atoms with Crippen molar-refractivity contribution in [3.05, 3.63) is 35.9 Å². The number of aliphatic carboxylic acids is 1. The summed E-state index contributed by atoms with van der Waals surface area (Å²) in [6.07, 6.45) is 1.53. The molecule has 1 saturated carbocycles. The fourth-order valence-electron chi connectivity index (χ4n) is 2.69. The standard InChI is InChI=1S/C15H21NO3/c1-16(9-11-7-13(17)8-11)10-14(15(18)19)12-5-3-2-4-6-12/h2-6,11,13-14,17H,7-10H2,1H3,(H,18,19). The van der Waals surface area contributed by atoms with Crippen LogP contribution >= 0.6 is 0 Å². The number of benzene rings is 1. The Labute approximate surface area is 113 Å². The molecule has 19 heavy (non-hydrogen) atoms. The Balaban J connectivity index is 1.91. The number of rotatable bonds is 6. The van der Waals surface area contributed by atoms with Crippen molar-refractivity contribution in [2.75, 3.05) is 20.1 Å². The lowest BCUT2D eigenvalue weighted by Crippen LogP contribution is -2.39. The highest BCUT2D eigenvalue weighted by Crippen LogP contribution is 2.28. The maximum Gasteiger partial charge on any atom is 0.312 e. The van der Waals surface area contributed by atoms with Gasteiger partial charge in [-0.05, 0) is 31.4 Å². The van der Waals surface area contributed by atoms with Crippen molar-refractivity contribution >= 4 is 5.97 Å². The molecule has 1 aromatic rings. The van der Waals surface area contributed by atoms with E-state index in [1.807, 2.05) is 37.4 Å². The van der Waals surface area contributed by atoms with E-state index in [1.54, 1.807) is 0 Å². The summed E-state index contributed by atoms with van der Waals surface area (Å²) in [6.45, 7) is 1.36. The Hall–Kier alpha value is -1.39. The largest absolute Gasteiger partial charge is 0.481 e. The van der Waals surface area contributed by atoms with Gasteiger partial charge in [-0.15, -0.1) is 0 Å². The van der Waals surface area contributed by atoms with Crippen molar-refractivity contribution in [1.29, 1.82) is 0 Å². The Kier molecular flexibility index (Phi) is 4.56. The molecule has 0 aliphatic heterocycles. The molecule has 0 aromatic heterocycles. The second-order valence-corrected chi connectivity index (χ2v) is 5.51. The Bertz CT molecular complexity index is 415. The molecule has 0 bridgehead atoms. The highest BCUT2D eigenvalue weighted by Gasteiger charge is 2.29. The van der Waals surface area contributed by atoms with Gasteiger partial charge in [0, 0.05) is 13.1 Å². The molecule has 0 saturated heterocycles. The van der Waals surface area contributed by atoms with Crippen molar-refractivity contribution in [2.24, 2.45) is 5.92 Å². The molecule has 2 N–H and O–H groups in total. The molecule has 1 fully saturated rings. The molecule has 0 heterocycles. The Morgan fingerprint density at radius 3 is 2.53 bits per heavy atom. The summed E-state index contributed by atoms with van der Waals surface area (Å²) >= 11 is 0. The Morgan fingerprint density at radius 1 is 1.37 bits per heavy atom. The van der Waals surface area contributed by atoms with E-state index < -0.39 is 11.9 Å². The van der Waals surface area contributed by atoms with Crippen LogP contribution in [0.25, 0.3) is 0 Å². The number of aliphatic hydroxyl groups is 1. The van der Waals surface area contributed by atoms with E-state index in [4.69, 9.17) is 0 Å². The maximum absolute atomic E-state index is 11.4. The fourth-order valence-corrected chi connectivity index (χ4v) is 2.69. The van der Waals surface area contributed by atoms with Crippen LogP contribution < -0.4 is 0 Å². The van der Waals surface area contributed by atoms with E-state index in [0.29, 0.717) is 12.5 Å². The monoisotopic (exact) mass is 263 g/mol. The molecule has 2 rings (SSSR count). The van der Waals surface area contributed by atoms with Gasteiger partial charge in [-0.25, -0.2) is 0 Å². The Morgan fingerprint density at radius 2 is 2.00 bits per heavy atom. The third-order valence-electron chi connectivity index (χ3n) is 3.77. The highest BCUT2D eigenvalue weighted by atomic mass is 16.4. The topological polar surface area (TPSA) is 60.8 Å². The van der Waals surface area contributed by atoms with Crippen molar-refractivity contribution in [3.8, 4) is 0 Å². The summed E-state index contributed by atoms with van der Waals surface area (Å²) in [5, 5.41) is 18.6. The minimum absolute atomic E-state index is 0.150. The number of nitrogens with zero attached hydrogens (tertiary/aromatic N) is 1. The predicted molar refractivity (Wildman–Crippen MR) is 73.0 cm³/mol. The second-order valence-electron chi connectivity index (χ2n) is 5.51. The first-order valence-corrected chi connectivity index (χ1v) is 6.70. The zero-order chi connectivity index (χ0) is 13.8. The summed E-state index contributed by atoms with van der Waals surface area (Å²) in [5.41, 5.74) is 0.843.